The van der Waals surface area contributed by atoms with Crippen LogP contribution >= 0.6 is 24.0 Å². The number of guanidine groups is 1. The van der Waals surface area contributed by atoms with E-state index in [1.807, 2.05) is 49.4 Å². The average molecular weight is 571 g/mol. The molecule has 2 aromatic rings. The summed E-state index contributed by atoms with van der Waals surface area (Å²) in [5.41, 5.74) is 2.05. The number of nitrogens with zero attached hydrogens (tertiary/aromatic N) is 2. The first kappa shape index (κ1) is 26.6. The normalized spacial score (nSPS) is 19.5. The third-order valence-electron chi connectivity index (χ3n) is 5.44. The highest BCUT2D eigenvalue weighted by molar-refractivity contribution is 14.0. The zero-order valence-electron chi connectivity index (χ0n) is 19.0. The predicted octanol–water partition coefficient (Wildman–Crippen LogP) is 4.41. The van der Waals surface area contributed by atoms with E-state index in [2.05, 4.69) is 22.5 Å². The Hall–Kier alpha value is -1.68. The lowest BCUT2D eigenvalue weighted by atomic mass is 9.95. The molecule has 1 aromatic heterocycles. The summed E-state index contributed by atoms with van der Waals surface area (Å²) in [4.78, 5) is 9.19. The van der Waals surface area contributed by atoms with Gasteiger partial charge < -0.3 is 15.4 Å². The Morgan fingerprint density at radius 2 is 2.00 bits per heavy atom. The molecule has 0 spiro atoms. The van der Waals surface area contributed by atoms with Crippen molar-refractivity contribution in [2.45, 2.75) is 64.0 Å². The monoisotopic (exact) mass is 570 g/mol. The summed E-state index contributed by atoms with van der Waals surface area (Å²) in [6, 6.07) is 14.3. The number of nitrogens with one attached hydrogen (secondary N) is 2. The van der Waals surface area contributed by atoms with Gasteiger partial charge in [-0.05, 0) is 37.8 Å². The number of rotatable bonds is 9. The van der Waals surface area contributed by atoms with Crippen molar-refractivity contribution >= 4 is 40.7 Å². The van der Waals surface area contributed by atoms with Crippen LogP contribution in [-0.4, -0.2) is 38.7 Å². The number of ether oxygens (including phenoxy) is 1. The van der Waals surface area contributed by atoms with Crippen molar-refractivity contribution in [1.82, 2.24) is 15.6 Å². The number of hydrogen-bond acceptors (Lipinski definition) is 4. The van der Waals surface area contributed by atoms with Gasteiger partial charge in [0.25, 0.3) is 0 Å². The van der Waals surface area contributed by atoms with Crippen LogP contribution in [0.5, 0.6) is 5.88 Å². The van der Waals surface area contributed by atoms with Gasteiger partial charge in [-0.2, -0.15) is 0 Å². The molecule has 1 fully saturated rings. The van der Waals surface area contributed by atoms with Crippen molar-refractivity contribution in [3.8, 4) is 5.88 Å². The Balaban J connectivity index is 0.00000363. The molecule has 1 aliphatic rings. The molecule has 8 heteroatoms. The summed E-state index contributed by atoms with van der Waals surface area (Å²) in [7, 11) is -0.733. The summed E-state index contributed by atoms with van der Waals surface area (Å²) >= 11 is 0. The fraction of sp³-hybridized carbons (Fsp3) is 0.500. The maximum absolute atomic E-state index is 12.3. The highest BCUT2D eigenvalue weighted by Crippen LogP contribution is 2.23. The highest BCUT2D eigenvalue weighted by Gasteiger charge is 2.26. The van der Waals surface area contributed by atoms with Crippen molar-refractivity contribution in [2.24, 2.45) is 4.99 Å². The molecule has 32 heavy (non-hydrogen) atoms. The van der Waals surface area contributed by atoms with E-state index in [9.17, 15) is 4.21 Å². The van der Waals surface area contributed by atoms with Crippen LogP contribution in [0.1, 0.15) is 50.7 Å². The molecule has 1 saturated carbocycles. The fourth-order valence-electron chi connectivity index (χ4n) is 3.83. The lowest BCUT2D eigenvalue weighted by Crippen LogP contribution is -2.46. The molecule has 1 aliphatic carbocycles. The fourth-order valence-corrected chi connectivity index (χ4v) is 5.18. The van der Waals surface area contributed by atoms with Gasteiger partial charge in [0.15, 0.2) is 5.96 Å². The lowest BCUT2D eigenvalue weighted by Gasteiger charge is -2.30. The molecule has 3 rings (SSSR count). The molecule has 0 aliphatic heterocycles. The molecule has 0 amide bonds. The smallest absolute Gasteiger partial charge is 0.218 e. The van der Waals surface area contributed by atoms with Gasteiger partial charge in [-0.1, -0.05) is 49.7 Å². The molecule has 176 valence electrons. The van der Waals surface area contributed by atoms with E-state index in [-0.39, 0.29) is 29.2 Å². The van der Waals surface area contributed by atoms with Gasteiger partial charge in [0.05, 0.1) is 6.54 Å². The summed E-state index contributed by atoms with van der Waals surface area (Å²) in [6.45, 7) is 5.80. The highest BCUT2D eigenvalue weighted by atomic mass is 127. The van der Waals surface area contributed by atoms with Crippen LogP contribution in [0.3, 0.4) is 0 Å². The van der Waals surface area contributed by atoms with Crippen LogP contribution in [0.25, 0.3) is 0 Å². The maximum atomic E-state index is 12.3. The lowest BCUT2D eigenvalue weighted by molar-refractivity contribution is 0.290. The Bertz CT molecular complexity index is 866. The number of aromatic nitrogens is 1. The van der Waals surface area contributed by atoms with Crippen LogP contribution in [-0.2, 0) is 24.0 Å². The Labute approximate surface area is 211 Å². The van der Waals surface area contributed by atoms with Crippen molar-refractivity contribution in [3.63, 3.8) is 0 Å². The second kappa shape index (κ2) is 14.5. The SMILES string of the molecule is CCNC(=NCc1cccnc1OCc1ccccc1)NC1CCCC(S(=O)CC)C1.I. The largest absolute Gasteiger partial charge is 0.473 e. The quantitative estimate of drug-likeness (QED) is 0.266. The van der Waals surface area contributed by atoms with Crippen LogP contribution in [0, 0.1) is 0 Å². The number of halogens is 1. The van der Waals surface area contributed by atoms with Gasteiger partial charge in [-0.15, -0.1) is 24.0 Å². The first-order valence-corrected chi connectivity index (χ1v) is 12.6. The van der Waals surface area contributed by atoms with Crippen LogP contribution in [0.4, 0.5) is 0 Å². The third kappa shape index (κ3) is 8.35. The molecular weight excluding hydrogens is 535 g/mol. The molecule has 1 aromatic carbocycles. The van der Waals surface area contributed by atoms with Crippen molar-refractivity contribution in [3.05, 3.63) is 59.8 Å². The Morgan fingerprint density at radius 1 is 1.19 bits per heavy atom. The van der Waals surface area contributed by atoms with E-state index >= 15 is 0 Å². The van der Waals surface area contributed by atoms with E-state index in [0.717, 1.165) is 55.1 Å². The predicted molar refractivity (Wildman–Crippen MR) is 143 cm³/mol. The number of benzene rings is 1. The van der Waals surface area contributed by atoms with Crippen LogP contribution in [0.15, 0.2) is 53.7 Å². The van der Waals surface area contributed by atoms with Crippen molar-refractivity contribution in [1.29, 1.82) is 0 Å². The van der Waals surface area contributed by atoms with Gasteiger partial charge in [0.1, 0.15) is 6.61 Å². The second-order valence-electron chi connectivity index (χ2n) is 7.74. The van der Waals surface area contributed by atoms with E-state index in [1.165, 1.54) is 0 Å². The summed E-state index contributed by atoms with van der Waals surface area (Å²) < 4.78 is 18.2. The first-order chi connectivity index (χ1) is 15.2. The maximum Gasteiger partial charge on any atom is 0.218 e. The van der Waals surface area contributed by atoms with E-state index in [4.69, 9.17) is 9.73 Å². The minimum Gasteiger partial charge on any atom is -0.473 e. The van der Waals surface area contributed by atoms with E-state index < -0.39 is 10.8 Å². The van der Waals surface area contributed by atoms with Gasteiger partial charge in [0, 0.05) is 46.1 Å². The average Bonchev–Trinajstić information content (AvgIpc) is 2.82. The molecule has 3 unspecified atom stereocenters. The minimum absolute atomic E-state index is 0. The molecule has 6 nitrogen and oxygen atoms in total. The second-order valence-corrected chi connectivity index (χ2v) is 9.74. The molecular formula is C24H35IN4O2S. The molecule has 1 heterocycles. The minimum atomic E-state index is -0.733. The molecule has 0 radical (unpaired) electrons. The number of hydrogen-bond donors (Lipinski definition) is 2. The van der Waals surface area contributed by atoms with Crippen LogP contribution in [0.2, 0.25) is 0 Å². The number of aliphatic imine (C=N–C) groups is 1. The first-order valence-electron chi connectivity index (χ1n) is 11.2. The molecule has 0 saturated heterocycles. The van der Waals surface area contributed by atoms with E-state index in [1.54, 1.807) is 6.20 Å². The zero-order chi connectivity index (χ0) is 21.9. The van der Waals surface area contributed by atoms with Gasteiger partial charge in [-0.25, -0.2) is 9.98 Å². The van der Waals surface area contributed by atoms with Crippen molar-refractivity contribution in [2.75, 3.05) is 12.3 Å². The topological polar surface area (TPSA) is 75.6 Å². The van der Waals surface area contributed by atoms with Gasteiger partial charge in [-0.3, -0.25) is 4.21 Å². The molecule has 2 N–H and O–H groups in total. The van der Waals surface area contributed by atoms with E-state index in [0.29, 0.717) is 25.1 Å². The Kier molecular flexibility index (Phi) is 12.0. The summed E-state index contributed by atoms with van der Waals surface area (Å²) in [6.07, 6.45) is 5.92. The third-order valence-corrected chi connectivity index (χ3v) is 7.18. The molecule has 3 atom stereocenters. The van der Waals surface area contributed by atoms with Crippen LogP contribution < -0.4 is 15.4 Å². The Morgan fingerprint density at radius 3 is 2.75 bits per heavy atom. The van der Waals surface area contributed by atoms with Gasteiger partial charge in [0.2, 0.25) is 5.88 Å². The number of pyridine rings is 1. The van der Waals surface area contributed by atoms with Gasteiger partial charge >= 0.3 is 0 Å². The summed E-state index contributed by atoms with van der Waals surface area (Å²) in [5.74, 6) is 2.13. The standard InChI is InChI=1S/C24H34N4O2S.HI/c1-3-25-24(28-21-13-8-14-22(16-21)31(29)4-2)27-17-20-12-9-15-26-23(20)30-18-19-10-6-5-7-11-19;/h5-7,9-12,15,21-22H,3-4,8,13-14,16-18H2,1-2H3,(H2,25,27,28);1H. The zero-order valence-corrected chi connectivity index (χ0v) is 22.1. The summed E-state index contributed by atoms with van der Waals surface area (Å²) in [5, 5.41) is 7.18. The van der Waals surface area contributed by atoms with Crippen molar-refractivity contribution < 1.29 is 8.95 Å². The molecule has 0 bridgehead atoms.